The van der Waals surface area contributed by atoms with Crippen molar-refractivity contribution in [3.63, 3.8) is 0 Å². The van der Waals surface area contributed by atoms with Gasteiger partial charge in [-0.15, -0.1) is 0 Å². The van der Waals surface area contributed by atoms with E-state index in [1.54, 1.807) is 17.0 Å². The van der Waals surface area contributed by atoms with Crippen molar-refractivity contribution in [1.82, 2.24) is 14.7 Å². The molecule has 4 heterocycles. The Kier molecular flexibility index (Phi) is 6.62. The first-order valence-corrected chi connectivity index (χ1v) is 14.2. The summed E-state index contributed by atoms with van der Waals surface area (Å²) in [5.41, 5.74) is 3.31. The van der Waals surface area contributed by atoms with Crippen molar-refractivity contribution in [2.24, 2.45) is 0 Å². The summed E-state index contributed by atoms with van der Waals surface area (Å²) >= 11 is 0. The Balaban J connectivity index is 1.22. The molecular weight excluding hydrogens is 510 g/mol. The summed E-state index contributed by atoms with van der Waals surface area (Å²) < 4.78 is 0. The van der Waals surface area contributed by atoms with E-state index < -0.39 is 23.7 Å². The van der Waals surface area contributed by atoms with Crippen molar-refractivity contribution in [2.75, 3.05) is 13.1 Å². The Bertz CT molecular complexity index is 1340. The predicted molar refractivity (Wildman–Crippen MR) is 147 cm³/mol. The monoisotopic (exact) mass is 547 g/mol. The highest BCUT2D eigenvalue weighted by atomic mass is 16.4. The Morgan fingerprint density at radius 1 is 1.05 bits per heavy atom. The van der Waals surface area contributed by atoms with E-state index >= 15 is 0 Å². The summed E-state index contributed by atoms with van der Waals surface area (Å²) in [6, 6.07) is 12.4. The van der Waals surface area contributed by atoms with E-state index in [0.29, 0.717) is 36.9 Å². The molecule has 9 heteroatoms. The minimum atomic E-state index is -1.09. The number of nitrogens with zero attached hydrogens (tertiary/aromatic N) is 3. The Labute approximate surface area is 234 Å². The van der Waals surface area contributed by atoms with Crippen molar-refractivity contribution >= 4 is 17.9 Å². The highest BCUT2D eigenvalue weighted by molar-refractivity contribution is 6.00. The fraction of sp³-hybridized carbons (Fsp3) is 0.516. The van der Waals surface area contributed by atoms with Crippen LogP contribution in [0.15, 0.2) is 42.5 Å². The molecule has 2 unspecified atom stereocenters. The van der Waals surface area contributed by atoms with Crippen LogP contribution in [0.3, 0.4) is 0 Å². The van der Waals surface area contributed by atoms with E-state index in [-0.39, 0.29) is 43.1 Å². The van der Waals surface area contributed by atoms with Crippen LogP contribution in [-0.2, 0) is 18.4 Å². The van der Waals surface area contributed by atoms with Crippen molar-refractivity contribution in [1.29, 1.82) is 0 Å². The molecule has 4 aliphatic rings. The lowest BCUT2D eigenvalue weighted by Crippen LogP contribution is -2.56. The van der Waals surface area contributed by atoms with E-state index in [4.69, 9.17) is 0 Å². The molecule has 0 aromatic heterocycles. The molecule has 40 heavy (non-hydrogen) atoms. The first-order valence-electron chi connectivity index (χ1n) is 14.2. The highest BCUT2D eigenvalue weighted by Crippen LogP contribution is 2.39. The van der Waals surface area contributed by atoms with Gasteiger partial charge < -0.3 is 25.1 Å². The molecule has 0 aliphatic carbocycles. The van der Waals surface area contributed by atoms with Crippen LogP contribution >= 0.6 is 0 Å². The average molecular weight is 548 g/mol. The molecule has 2 saturated heterocycles. The highest BCUT2D eigenvalue weighted by Gasteiger charge is 2.44. The lowest BCUT2D eigenvalue weighted by Gasteiger charge is -2.43. The van der Waals surface area contributed by atoms with Gasteiger partial charge in [0.1, 0.15) is 0 Å². The molecule has 5 atom stereocenters. The van der Waals surface area contributed by atoms with Crippen LogP contribution < -0.4 is 0 Å². The standard InChI is InChI=1S/C31H37N3O6/c1-31(2)17-32(16-27(36)26-12-18-5-3-4-6-20(18)15-33(26)30(39)40)29(38)24-10-7-19(11-25(24)31)28(37)34-21-8-9-22(34)14-23(35)13-21/h3-7,10-11,21-23,26-27,35-36H,8-9,12-17H2,1-2H3,(H,39,40)/t21-,22+,23?,26-,27?/m0/s1. The fourth-order valence-corrected chi connectivity index (χ4v) is 7.45. The van der Waals surface area contributed by atoms with E-state index in [2.05, 4.69) is 0 Å². The molecule has 2 aromatic carbocycles. The lowest BCUT2D eigenvalue weighted by atomic mass is 9.77. The SMILES string of the molecule is CC1(C)CN(CC(O)[C@@H]2Cc3ccccc3CN2C(=O)O)C(=O)c2ccc(C(=O)N3[C@@H]4CC[C@H]3CC(O)C4)cc21. The first-order chi connectivity index (χ1) is 19.0. The molecule has 3 amide bonds. The van der Waals surface area contributed by atoms with Gasteiger partial charge in [-0.05, 0) is 67.0 Å². The molecule has 6 rings (SSSR count). The smallest absolute Gasteiger partial charge is 0.407 e. The van der Waals surface area contributed by atoms with Gasteiger partial charge in [0, 0.05) is 48.3 Å². The molecule has 2 aromatic rings. The zero-order chi connectivity index (χ0) is 28.3. The molecule has 212 valence electrons. The summed E-state index contributed by atoms with van der Waals surface area (Å²) in [5.74, 6) is -0.277. The Hall–Kier alpha value is -3.43. The Morgan fingerprint density at radius 3 is 2.40 bits per heavy atom. The van der Waals surface area contributed by atoms with Crippen LogP contribution in [0, 0.1) is 0 Å². The van der Waals surface area contributed by atoms with Crippen molar-refractivity contribution < 1.29 is 29.7 Å². The number of β-amino-alcohol motifs (C(OH)–C–C–N with tert-alkyl or cyclic N) is 1. The number of benzene rings is 2. The zero-order valence-electron chi connectivity index (χ0n) is 23.0. The van der Waals surface area contributed by atoms with Gasteiger partial charge in [-0.1, -0.05) is 38.1 Å². The number of fused-ring (bicyclic) bond motifs is 4. The molecule has 2 bridgehead atoms. The van der Waals surface area contributed by atoms with Crippen molar-refractivity contribution in [2.45, 2.75) is 88.2 Å². The molecule has 0 spiro atoms. The normalized spacial score (nSPS) is 27.7. The second kappa shape index (κ2) is 9.89. The zero-order valence-corrected chi connectivity index (χ0v) is 23.0. The minimum absolute atomic E-state index is 0.0124. The van der Waals surface area contributed by atoms with Crippen LogP contribution in [0.4, 0.5) is 4.79 Å². The van der Waals surface area contributed by atoms with Gasteiger partial charge >= 0.3 is 6.09 Å². The third kappa shape index (κ3) is 4.55. The molecule has 0 saturated carbocycles. The summed E-state index contributed by atoms with van der Waals surface area (Å²) in [6.45, 7) is 4.59. The molecule has 3 N–H and O–H groups in total. The van der Waals surface area contributed by atoms with Gasteiger partial charge in [-0.2, -0.15) is 0 Å². The van der Waals surface area contributed by atoms with Gasteiger partial charge in [-0.3, -0.25) is 14.5 Å². The average Bonchev–Trinajstić information content (AvgIpc) is 3.20. The number of piperidine rings is 1. The van der Waals surface area contributed by atoms with E-state index in [0.717, 1.165) is 29.5 Å². The van der Waals surface area contributed by atoms with Crippen LogP contribution in [0.25, 0.3) is 0 Å². The third-order valence-corrected chi connectivity index (χ3v) is 9.43. The lowest BCUT2D eigenvalue weighted by molar-refractivity contribution is 0.0132. The fourth-order valence-electron chi connectivity index (χ4n) is 7.45. The molecule has 9 nitrogen and oxygen atoms in total. The molecule has 4 aliphatic heterocycles. The van der Waals surface area contributed by atoms with Crippen molar-refractivity contribution in [3.8, 4) is 0 Å². The van der Waals surface area contributed by atoms with Gasteiger partial charge in [0.15, 0.2) is 0 Å². The van der Waals surface area contributed by atoms with E-state index in [1.165, 1.54) is 4.90 Å². The van der Waals surface area contributed by atoms with E-state index in [9.17, 15) is 29.7 Å². The van der Waals surface area contributed by atoms with Gasteiger partial charge in [0.05, 0.1) is 18.2 Å². The van der Waals surface area contributed by atoms with Crippen molar-refractivity contribution in [3.05, 3.63) is 70.3 Å². The molecule has 0 radical (unpaired) electrons. The quantitative estimate of drug-likeness (QED) is 0.541. The largest absolute Gasteiger partial charge is 0.465 e. The molecular formula is C31H37N3O6. The van der Waals surface area contributed by atoms with Crippen LogP contribution in [0.2, 0.25) is 0 Å². The number of aliphatic hydroxyl groups is 2. The van der Waals surface area contributed by atoms with Gasteiger partial charge in [-0.25, -0.2) is 4.79 Å². The summed E-state index contributed by atoms with van der Waals surface area (Å²) in [6.07, 6.45) is 0.915. The number of hydrogen-bond donors (Lipinski definition) is 3. The number of aliphatic hydroxyl groups excluding tert-OH is 2. The number of rotatable bonds is 4. The van der Waals surface area contributed by atoms with Gasteiger partial charge in [0.2, 0.25) is 0 Å². The number of amides is 3. The van der Waals surface area contributed by atoms with Crippen LogP contribution in [0.1, 0.15) is 76.9 Å². The number of carboxylic acid groups (broad SMARTS) is 1. The predicted octanol–water partition coefficient (Wildman–Crippen LogP) is 3.01. The number of carbonyl (C=O) groups is 3. The summed E-state index contributed by atoms with van der Waals surface area (Å²) in [5, 5.41) is 31.3. The third-order valence-electron chi connectivity index (χ3n) is 9.43. The second-order valence-electron chi connectivity index (χ2n) is 12.6. The topological polar surface area (TPSA) is 122 Å². The molecule has 2 fully saturated rings. The number of carbonyl (C=O) groups excluding carboxylic acids is 2. The second-order valence-corrected chi connectivity index (χ2v) is 12.6. The maximum Gasteiger partial charge on any atom is 0.407 e. The summed E-state index contributed by atoms with van der Waals surface area (Å²) in [7, 11) is 0. The number of hydrogen-bond acceptors (Lipinski definition) is 5. The van der Waals surface area contributed by atoms with Crippen LogP contribution in [-0.4, -0.2) is 91.3 Å². The van der Waals surface area contributed by atoms with E-state index in [1.807, 2.05) is 49.1 Å². The maximum atomic E-state index is 13.6. The maximum absolute atomic E-state index is 13.6. The Morgan fingerprint density at radius 2 is 1.73 bits per heavy atom. The summed E-state index contributed by atoms with van der Waals surface area (Å²) in [4.78, 5) is 44.1. The van der Waals surface area contributed by atoms with Crippen LogP contribution in [0.5, 0.6) is 0 Å². The first kappa shape index (κ1) is 26.8. The minimum Gasteiger partial charge on any atom is -0.465 e. The van der Waals surface area contributed by atoms with Gasteiger partial charge in [0.25, 0.3) is 11.8 Å².